The molecule has 1 aromatic rings. The third-order valence-corrected chi connectivity index (χ3v) is 4.15. The van der Waals surface area contributed by atoms with Crippen LogP contribution in [-0.2, 0) is 15.6 Å². The summed E-state index contributed by atoms with van der Waals surface area (Å²) >= 11 is 3.34. The molecule has 0 aliphatic carbocycles. The minimum absolute atomic E-state index is 0.0642. The van der Waals surface area contributed by atoms with Crippen molar-refractivity contribution in [3.63, 3.8) is 0 Å². The van der Waals surface area contributed by atoms with Crippen molar-refractivity contribution in [1.82, 2.24) is 0 Å². The maximum atomic E-state index is 11.8. The monoisotopic (exact) mass is 287 g/mol. The van der Waals surface area contributed by atoms with Crippen molar-refractivity contribution >= 4 is 38.3 Å². The molecular weight excluding hydrogens is 278 g/mol. The Morgan fingerprint density at radius 3 is 2.93 bits per heavy atom. The molecule has 1 atom stereocenters. The largest absolute Gasteiger partial charge is 0.311 e. The molecule has 0 bridgehead atoms. The molecule has 1 unspecified atom stereocenters. The number of benzene rings is 1. The molecule has 1 aliphatic heterocycles. The van der Waals surface area contributed by atoms with Gasteiger partial charge in [-0.25, -0.2) is 0 Å². The molecular formula is C10H10BrNO2S. The number of fused-ring (bicyclic) bond motifs is 1. The fourth-order valence-corrected chi connectivity index (χ4v) is 3.36. The van der Waals surface area contributed by atoms with Gasteiger partial charge in [0.05, 0.1) is 21.4 Å². The van der Waals surface area contributed by atoms with E-state index in [2.05, 4.69) is 15.9 Å². The van der Waals surface area contributed by atoms with Crippen molar-refractivity contribution in [1.29, 1.82) is 0 Å². The molecule has 0 radical (unpaired) electrons. The van der Waals surface area contributed by atoms with Crippen LogP contribution in [0.5, 0.6) is 0 Å². The van der Waals surface area contributed by atoms with Gasteiger partial charge in [0.2, 0.25) is 5.91 Å². The Morgan fingerprint density at radius 1 is 1.53 bits per heavy atom. The van der Waals surface area contributed by atoms with Crippen LogP contribution in [-0.4, -0.2) is 22.4 Å². The maximum absolute atomic E-state index is 11.8. The highest BCUT2D eigenvalue weighted by molar-refractivity contribution is 9.10. The summed E-state index contributed by atoms with van der Waals surface area (Å²) in [5, 5.41) is 0. The van der Waals surface area contributed by atoms with Crippen LogP contribution in [0.15, 0.2) is 27.6 Å². The van der Waals surface area contributed by atoms with Gasteiger partial charge in [-0.3, -0.25) is 9.00 Å². The molecule has 0 saturated heterocycles. The molecule has 0 aromatic heterocycles. The number of nitrogens with zero attached hydrogens (tertiary/aromatic N) is 1. The van der Waals surface area contributed by atoms with E-state index in [4.69, 9.17) is 0 Å². The van der Waals surface area contributed by atoms with Gasteiger partial charge in [0.1, 0.15) is 5.75 Å². The number of anilines is 1. The molecule has 1 aliphatic rings. The first-order chi connectivity index (χ1) is 7.13. The van der Waals surface area contributed by atoms with Crippen molar-refractivity contribution in [3.05, 3.63) is 22.7 Å². The van der Waals surface area contributed by atoms with Gasteiger partial charge in [-0.1, -0.05) is 15.9 Å². The summed E-state index contributed by atoms with van der Waals surface area (Å²) in [6, 6.07) is 5.51. The minimum atomic E-state index is -1.20. The van der Waals surface area contributed by atoms with Gasteiger partial charge in [0, 0.05) is 11.0 Å². The molecule has 1 aromatic carbocycles. The van der Waals surface area contributed by atoms with Crippen molar-refractivity contribution in [2.45, 2.75) is 11.8 Å². The highest BCUT2D eigenvalue weighted by Crippen LogP contribution is 2.31. The van der Waals surface area contributed by atoms with Gasteiger partial charge in [-0.15, -0.1) is 0 Å². The number of carbonyl (C=O) groups excluding carboxylic acids is 1. The molecule has 2 rings (SSSR count). The van der Waals surface area contributed by atoms with E-state index in [1.165, 1.54) is 0 Å². The van der Waals surface area contributed by atoms with E-state index in [-0.39, 0.29) is 11.7 Å². The number of rotatable bonds is 1. The first-order valence-corrected chi connectivity index (χ1v) is 6.73. The third kappa shape index (κ3) is 1.86. The van der Waals surface area contributed by atoms with E-state index in [0.29, 0.717) is 6.54 Å². The smallest absolute Gasteiger partial charge is 0.240 e. The second kappa shape index (κ2) is 4.06. The fraction of sp³-hybridized carbons (Fsp3) is 0.300. The Kier molecular flexibility index (Phi) is 2.93. The van der Waals surface area contributed by atoms with Crippen LogP contribution in [0.4, 0.5) is 5.69 Å². The molecule has 1 amide bonds. The van der Waals surface area contributed by atoms with Gasteiger partial charge in [0.15, 0.2) is 0 Å². The molecule has 1 heterocycles. The highest BCUT2D eigenvalue weighted by atomic mass is 79.9. The van der Waals surface area contributed by atoms with E-state index in [0.717, 1.165) is 15.1 Å². The van der Waals surface area contributed by atoms with Crippen LogP contribution in [0, 0.1) is 0 Å². The number of carbonyl (C=O) groups is 1. The Morgan fingerprint density at radius 2 is 2.27 bits per heavy atom. The topological polar surface area (TPSA) is 37.4 Å². The first kappa shape index (κ1) is 10.8. The molecule has 0 N–H and O–H groups in total. The molecule has 0 fully saturated rings. The second-order valence-electron chi connectivity index (χ2n) is 3.24. The van der Waals surface area contributed by atoms with Crippen LogP contribution < -0.4 is 4.90 Å². The van der Waals surface area contributed by atoms with Crippen LogP contribution in [0.1, 0.15) is 6.92 Å². The second-order valence-corrected chi connectivity index (χ2v) is 5.58. The average Bonchev–Trinajstić information content (AvgIpc) is 2.19. The standard InChI is InChI=1S/C10H10BrNO2S/c1-2-12-8-4-3-7(11)5-9(8)15(14)6-10(12)13/h3-5H,2,6H2,1H3. The summed E-state index contributed by atoms with van der Waals surface area (Å²) < 4.78 is 12.6. The van der Waals surface area contributed by atoms with E-state index in [1.54, 1.807) is 4.90 Å². The molecule has 80 valence electrons. The zero-order chi connectivity index (χ0) is 11.0. The van der Waals surface area contributed by atoms with E-state index < -0.39 is 10.8 Å². The lowest BCUT2D eigenvalue weighted by molar-refractivity contribution is -0.116. The van der Waals surface area contributed by atoms with Gasteiger partial charge >= 0.3 is 0 Å². The zero-order valence-electron chi connectivity index (χ0n) is 8.20. The average molecular weight is 288 g/mol. The van der Waals surface area contributed by atoms with Crippen molar-refractivity contribution in [2.75, 3.05) is 17.2 Å². The normalized spacial score (nSPS) is 20.3. The molecule has 0 saturated carbocycles. The first-order valence-electron chi connectivity index (χ1n) is 4.61. The number of hydrogen-bond acceptors (Lipinski definition) is 2. The molecule has 5 heteroatoms. The SMILES string of the molecule is CCN1C(=O)CS(=O)c2cc(Br)ccc21. The molecule has 3 nitrogen and oxygen atoms in total. The number of amides is 1. The summed E-state index contributed by atoms with van der Waals surface area (Å²) in [5.74, 6) is 0.0303. The predicted molar refractivity (Wildman–Crippen MR) is 63.4 cm³/mol. The van der Waals surface area contributed by atoms with Crippen LogP contribution in [0.2, 0.25) is 0 Å². The zero-order valence-corrected chi connectivity index (χ0v) is 10.6. The summed E-state index contributed by atoms with van der Waals surface area (Å²) in [5.41, 5.74) is 0.773. The molecule has 15 heavy (non-hydrogen) atoms. The Balaban J connectivity index is 2.58. The highest BCUT2D eigenvalue weighted by Gasteiger charge is 2.27. The fourth-order valence-electron chi connectivity index (χ4n) is 1.64. The Hall–Kier alpha value is -0.680. The lowest BCUT2D eigenvalue weighted by Gasteiger charge is -2.27. The van der Waals surface area contributed by atoms with E-state index >= 15 is 0 Å². The van der Waals surface area contributed by atoms with Gasteiger partial charge in [-0.2, -0.15) is 0 Å². The number of halogens is 1. The summed E-state index contributed by atoms with van der Waals surface area (Å²) in [7, 11) is -1.20. The van der Waals surface area contributed by atoms with Crippen LogP contribution in [0.25, 0.3) is 0 Å². The lowest BCUT2D eigenvalue weighted by Crippen LogP contribution is -2.38. The maximum Gasteiger partial charge on any atom is 0.240 e. The van der Waals surface area contributed by atoms with E-state index in [1.807, 2.05) is 25.1 Å². The van der Waals surface area contributed by atoms with Gasteiger partial charge < -0.3 is 4.90 Å². The predicted octanol–water partition coefficient (Wildman–Crippen LogP) is 1.92. The van der Waals surface area contributed by atoms with Crippen LogP contribution >= 0.6 is 15.9 Å². The van der Waals surface area contributed by atoms with Gasteiger partial charge in [0.25, 0.3) is 0 Å². The summed E-state index contributed by atoms with van der Waals surface area (Å²) in [6.07, 6.45) is 0. The Bertz CT molecular complexity index is 447. The minimum Gasteiger partial charge on any atom is -0.311 e. The third-order valence-electron chi connectivity index (χ3n) is 2.33. The van der Waals surface area contributed by atoms with Crippen molar-refractivity contribution < 1.29 is 9.00 Å². The number of hydrogen-bond donors (Lipinski definition) is 0. The summed E-state index contributed by atoms with van der Waals surface area (Å²) in [6.45, 7) is 2.53. The van der Waals surface area contributed by atoms with Crippen molar-refractivity contribution in [3.8, 4) is 0 Å². The quantitative estimate of drug-likeness (QED) is 0.791. The molecule has 0 spiro atoms. The lowest BCUT2D eigenvalue weighted by atomic mass is 10.2. The summed E-state index contributed by atoms with van der Waals surface area (Å²) in [4.78, 5) is 14.0. The van der Waals surface area contributed by atoms with E-state index in [9.17, 15) is 9.00 Å². The van der Waals surface area contributed by atoms with Gasteiger partial charge in [-0.05, 0) is 25.1 Å². The van der Waals surface area contributed by atoms with Crippen molar-refractivity contribution in [2.24, 2.45) is 0 Å². The van der Waals surface area contributed by atoms with Crippen LogP contribution in [0.3, 0.4) is 0 Å². The Labute approximate surface area is 99.0 Å².